The largest absolute Gasteiger partial charge is 0.490 e. The van der Waals surface area contributed by atoms with Gasteiger partial charge in [0.25, 0.3) is 5.91 Å². The van der Waals surface area contributed by atoms with Gasteiger partial charge in [-0.3, -0.25) is 25.0 Å². The molecule has 2 amide bonds. The number of carbonyl (C=O) groups excluding carboxylic acids is 2. The van der Waals surface area contributed by atoms with Crippen molar-refractivity contribution >= 4 is 40.3 Å². The Hall–Kier alpha value is -3.95. The first kappa shape index (κ1) is 17.9. The molecule has 0 atom stereocenters. The summed E-state index contributed by atoms with van der Waals surface area (Å²) in [5.74, 6) is -0.818. The van der Waals surface area contributed by atoms with Crippen molar-refractivity contribution in [1.82, 2.24) is 4.98 Å². The topological polar surface area (TPSA) is 137 Å². The van der Waals surface area contributed by atoms with Gasteiger partial charge in [-0.15, -0.1) is 0 Å². The molecule has 10 nitrogen and oxygen atoms in total. The van der Waals surface area contributed by atoms with Crippen LogP contribution in [0.2, 0.25) is 0 Å². The Morgan fingerprint density at radius 1 is 1.19 bits per heavy atom. The van der Waals surface area contributed by atoms with Crippen molar-refractivity contribution < 1.29 is 23.7 Å². The van der Waals surface area contributed by atoms with Gasteiger partial charge in [0, 0.05) is 30.3 Å². The zero-order valence-corrected chi connectivity index (χ0v) is 14.3. The molecule has 2 aromatic carbocycles. The van der Waals surface area contributed by atoms with E-state index in [0.717, 1.165) is 6.07 Å². The van der Waals surface area contributed by atoms with Crippen LogP contribution < -0.4 is 15.4 Å². The van der Waals surface area contributed by atoms with E-state index < -0.39 is 10.8 Å². The summed E-state index contributed by atoms with van der Waals surface area (Å²) < 4.78 is 10.4. The third kappa shape index (κ3) is 3.84. The third-order valence-electron chi connectivity index (χ3n) is 3.57. The number of methoxy groups -OCH3 is 1. The molecule has 10 heteroatoms. The number of amides is 2. The van der Waals surface area contributed by atoms with Crippen molar-refractivity contribution in [2.45, 2.75) is 6.92 Å². The second-order valence-corrected chi connectivity index (χ2v) is 5.48. The third-order valence-corrected chi connectivity index (χ3v) is 3.57. The maximum atomic E-state index is 12.3. The van der Waals surface area contributed by atoms with Crippen molar-refractivity contribution in [3.8, 4) is 5.75 Å². The van der Waals surface area contributed by atoms with Crippen LogP contribution in [0, 0.1) is 10.1 Å². The van der Waals surface area contributed by atoms with Gasteiger partial charge in [-0.1, -0.05) is 0 Å². The molecule has 0 fully saturated rings. The number of ether oxygens (including phenoxy) is 1. The molecule has 3 aromatic rings. The summed E-state index contributed by atoms with van der Waals surface area (Å²) in [6, 6.07) is 8.58. The van der Waals surface area contributed by atoms with Crippen LogP contribution in [0.4, 0.5) is 17.4 Å². The number of hydrogen-bond donors (Lipinski definition) is 2. The summed E-state index contributed by atoms with van der Waals surface area (Å²) in [4.78, 5) is 38.0. The molecular weight excluding hydrogens is 356 g/mol. The average molecular weight is 370 g/mol. The SMILES string of the molecule is COc1ccc(C(=O)Nc2nc3ccc(NC(C)=O)cc3o2)cc1[N+](=O)[O-]. The smallest absolute Gasteiger partial charge is 0.311 e. The van der Waals surface area contributed by atoms with Crippen LogP contribution in [-0.2, 0) is 4.79 Å². The minimum atomic E-state index is -0.640. The monoisotopic (exact) mass is 370 g/mol. The van der Waals surface area contributed by atoms with E-state index in [1.54, 1.807) is 18.2 Å². The predicted molar refractivity (Wildman–Crippen MR) is 95.9 cm³/mol. The van der Waals surface area contributed by atoms with Gasteiger partial charge in [0.2, 0.25) is 5.91 Å². The molecule has 0 aliphatic carbocycles. The molecular formula is C17H14N4O6. The van der Waals surface area contributed by atoms with Crippen molar-refractivity contribution in [3.05, 3.63) is 52.1 Å². The maximum absolute atomic E-state index is 12.3. The number of benzene rings is 2. The van der Waals surface area contributed by atoms with Gasteiger partial charge in [-0.2, -0.15) is 4.98 Å². The number of oxazole rings is 1. The molecule has 2 N–H and O–H groups in total. The second kappa shape index (κ2) is 7.12. The summed E-state index contributed by atoms with van der Waals surface area (Å²) >= 11 is 0. The molecule has 0 saturated carbocycles. The lowest BCUT2D eigenvalue weighted by atomic mass is 10.2. The van der Waals surface area contributed by atoms with E-state index in [2.05, 4.69) is 15.6 Å². The van der Waals surface area contributed by atoms with Crippen molar-refractivity contribution in [2.24, 2.45) is 0 Å². The summed E-state index contributed by atoms with van der Waals surface area (Å²) in [6.07, 6.45) is 0. The minimum Gasteiger partial charge on any atom is -0.490 e. The van der Waals surface area contributed by atoms with Crippen LogP contribution >= 0.6 is 0 Å². The van der Waals surface area contributed by atoms with Gasteiger partial charge in [-0.05, 0) is 24.3 Å². The Morgan fingerprint density at radius 2 is 1.96 bits per heavy atom. The van der Waals surface area contributed by atoms with Crippen LogP contribution in [0.1, 0.15) is 17.3 Å². The van der Waals surface area contributed by atoms with Crippen LogP contribution in [0.15, 0.2) is 40.8 Å². The van der Waals surface area contributed by atoms with Gasteiger partial charge >= 0.3 is 11.7 Å². The first-order valence-corrected chi connectivity index (χ1v) is 7.69. The fraction of sp³-hybridized carbons (Fsp3) is 0.118. The molecule has 0 saturated heterocycles. The molecule has 0 aliphatic heterocycles. The number of aromatic nitrogens is 1. The average Bonchev–Trinajstić information content (AvgIpc) is 3.01. The highest BCUT2D eigenvalue weighted by Crippen LogP contribution is 2.28. The number of nitro benzene ring substituents is 1. The Balaban J connectivity index is 1.84. The lowest BCUT2D eigenvalue weighted by Crippen LogP contribution is -2.12. The minimum absolute atomic E-state index is 0.0451. The zero-order valence-electron chi connectivity index (χ0n) is 14.3. The second-order valence-electron chi connectivity index (χ2n) is 5.48. The first-order valence-electron chi connectivity index (χ1n) is 7.69. The molecule has 0 unspecified atom stereocenters. The predicted octanol–water partition coefficient (Wildman–Crippen LogP) is 2.96. The van der Waals surface area contributed by atoms with Gasteiger partial charge in [0.1, 0.15) is 5.52 Å². The van der Waals surface area contributed by atoms with Crippen molar-refractivity contribution in [3.63, 3.8) is 0 Å². The molecule has 27 heavy (non-hydrogen) atoms. The molecule has 3 rings (SSSR count). The number of nitro groups is 1. The zero-order chi connectivity index (χ0) is 19.6. The van der Waals surface area contributed by atoms with E-state index in [-0.39, 0.29) is 28.9 Å². The van der Waals surface area contributed by atoms with Crippen LogP contribution in [0.5, 0.6) is 5.75 Å². The van der Waals surface area contributed by atoms with Gasteiger partial charge in [0.15, 0.2) is 11.3 Å². The number of nitrogens with one attached hydrogen (secondary N) is 2. The molecule has 0 aliphatic rings. The quantitative estimate of drug-likeness (QED) is 0.520. The fourth-order valence-electron chi connectivity index (χ4n) is 2.40. The molecule has 138 valence electrons. The summed E-state index contributed by atoms with van der Waals surface area (Å²) in [6.45, 7) is 1.38. The molecule has 0 spiro atoms. The molecule has 0 bridgehead atoms. The highest BCUT2D eigenvalue weighted by Gasteiger charge is 2.19. The van der Waals surface area contributed by atoms with Gasteiger partial charge in [-0.25, -0.2) is 0 Å². The Labute approximate surface area is 152 Å². The van der Waals surface area contributed by atoms with E-state index >= 15 is 0 Å². The van der Waals surface area contributed by atoms with Crippen LogP contribution in [-0.4, -0.2) is 28.8 Å². The van der Waals surface area contributed by atoms with Gasteiger partial charge in [0.05, 0.1) is 12.0 Å². The highest BCUT2D eigenvalue weighted by atomic mass is 16.6. The number of rotatable bonds is 5. The summed E-state index contributed by atoms with van der Waals surface area (Å²) in [7, 11) is 1.30. The summed E-state index contributed by atoms with van der Waals surface area (Å²) in [5, 5.41) is 16.1. The first-order chi connectivity index (χ1) is 12.9. The number of hydrogen-bond acceptors (Lipinski definition) is 7. The Morgan fingerprint density at radius 3 is 2.63 bits per heavy atom. The highest BCUT2D eigenvalue weighted by molar-refractivity contribution is 6.04. The molecule has 0 radical (unpaired) electrons. The van der Waals surface area contributed by atoms with Crippen molar-refractivity contribution in [1.29, 1.82) is 0 Å². The van der Waals surface area contributed by atoms with E-state index in [9.17, 15) is 19.7 Å². The lowest BCUT2D eigenvalue weighted by molar-refractivity contribution is -0.385. The number of nitrogens with zero attached hydrogens (tertiary/aromatic N) is 2. The standard InChI is InChI=1S/C17H14N4O6/c1-9(22)18-11-4-5-12-15(8-11)27-17(19-12)20-16(23)10-3-6-14(26-2)13(7-10)21(24)25/h3-8H,1-2H3,(H,18,22)(H,19,20,23). The number of carbonyl (C=O) groups is 2. The van der Waals surface area contributed by atoms with Gasteiger partial charge < -0.3 is 14.5 Å². The van der Waals surface area contributed by atoms with E-state index in [1.807, 2.05) is 0 Å². The fourth-order valence-corrected chi connectivity index (χ4v) is 2.40. The normalized spacial score (nSPS) is 10.4. The van der Waals surface area contributed by atoms with Crippen LogP contribution in [0.25, 0.3) is 11.1 Å². The van der Waals surface area contributed by atoms with E-state index in [4.69, 9.17) is 9.15 Å². The molecule has 1 heterocycles. The molecule has 1 aromatic heterocycles. The lowest BCUT2D eigenvalue weighted by Gasteiger charge is -2.04. The Kier molecular flexibility index (Phi) is 4.71. The van der Waals surface area contributed by atoms with E-state index in [1.165, 1.54) is 26.2 Å². The van der Waals surface area contributed by atoms with E-state index in [0.29, 0.717) is 16.8 Å². The maximum Gasteiger partial charge on any atom is 0.311 e. The van der Waals surface area contributed by atoms with Crippen LogP contribution in [0.3, 0.4) is 0 Å². The Bertz CT molecular complexity index is 1060. The number of anilines is 2. The summed E-state index contributed by atoms with van der Waals surface area (Å²) in [5.41, 5.74) is 1.07. The van der Waals surface area contributed by atoms with Crippen molar-refractivity contribution in [2.75, 3.05) is 17.7 Å². The number of fused-ring (bicyclic) bond motifs is 1.